The van der Waals surface area contributed by atoms with Gasteiger partial charge in [0.05, 0.1) is 24.3 Å². The van der Waals surface area contributed by atoms with Crippen molar-refractivity contribution in [2.45, 2.75) is 0 Å². The van der Waals surface area contributed by atoms with Crippen LogP contribution in [0.3, 0.4) is 0 Å². The Bertz CT molecular complexity index is 416. The summed E-state index contributed by atoms with van der Waals surface area (Å²) in [6, 6.07) is 8.61. The SMILES string of the molecule is C=C(C#N)c1ccccc1C(=O)OC. The highest BCUT2D eigenvalue weighted by Crippen LogP contribution is 2.17. The highest BCUT2D eigenvalue weighted by molar-refractivity contribution is 5.96. The average molecular weight is 187 g/mol. The maximum atomic E-state index is 11.3. The molecule has 0 fully saturated rings. The van der Waals surface area contributed by atoms with Crippen molar-refractivity contribution in [1.82, 2.24) is 0 Å². The Morgan fingerprint density at radius 3 is 2.50 bits per heavy atom. The van der Waals surface area contributed by atoms with Gasteiger partial charge in [-0.25, -0.2) is 4.79 Å². The summed E-state index contributed by atoms with van der Waals surface area (Å²) in [4.78, 5) is 11.3. The highest BCUT2D eigenvalue weighted by Gasteiger charge is 2.12. The van der Waals surface area contributed by atoms with Crippen LogP contribution in [0.15, 0.2) is 30.8 Å². The maximum absolute atomic E-state index is 11.3. The lowest BCUT2D eigenvalue weighted by Gasteiger charge is -2.04. The third kappa shape index (κ3) is 1.80. The Labute approximate surface area is 82.2 Å². The molecule has 3 nitrogen and oxygen atoms in total. The smallest absolute Gasteiger partial charge is 0.338 e. The highest BCUT2D eigenvalue weighted by atomic mass is 16.5. The number of hydrogen-bond acceptors (Lipinski definition) is 3. The van der Waals surface area contributed by atoms with Crippen LogP contribution in [0.1, 0.15) is 15.9 Å². The third-order valence-electron chi connectivity index (χ3n) is 1.79. The van der Waals surface area contributed by atoms with Crippen molar-refractivity contribution >= 4 is 11.5 Å². The van der Waals surface area contributed by atoms with Crippen molar-refractivity contribution in [2.24, 2.45) is 0 Å². The molecule has 0 radical (unpaired) electrons. The topological polar surface area (TPSA) is 50.1 Å². The van der Waals surface area contributed by atoms with Crippen molar-refractivity contribution in [2.75, 3.05) is 7.11 Å². The molecule has 14 heavy (non-hydrogen) atoms. The molecule has 3 heteroatoms. The lowest BCUT2D eigenvalue weighted by Crippen LogP contribution is -2.04. The van der Waals surface area contributed by atoms with E-state index in [-0.39, 0.29) is 5.57 Å². The fourth-order valence-corrected chi connectivity index (χ4v) is 1.09. The van der Waals surface area contributed by atoms with Crippen LogP contribution in [0.5, 0.6) is 0 Å². The zero-order chi connectivity index (χ0) is 10.6. The standard InChI is InChI=1S/C11H9NO2/c1-8(7-12)9-5-3-4-6-10(9)11(13)14-2/h3-6H,1H2,2H3. The van der Waals surface area contributed by atoms with Crippen LogP contribution in [-0.4, -0.2) is 13.1 Å². The first-order chi connectivity index (χ1) is 6.70. The minimum Gasteiger partial charge on any atom is -0.465 e. The summed E-state index contributed by atoms with van der Waals surface area (Å²) < 4.78 is 4.58. The molecule has 0 unspecified atom stereocenters. The van der Waals surface area contributed by atoms with E-state index >= 15 is 0 Å². The molecule has 70 valence electrons. The van der Waals surface area contributed by atoms with Crippen LogP contribution < -0.4 is 0 Å². The zero-order valence-corrected chi connectivity index (χ0v) is 7.78. The average Bonchev–Trinajstić information content (AvgIpc) is 2.27. The molecule has 0 aliphatic carbocycles. The van der Waals surface area contributed by atoms with E-state index in [4.69, 9.17) is 5.26 Å². The van der Waals surface area contributed by atoms with Crippen LogP contribution in [0.4, 0.5) is 0 Å². The Morgan fingerprint density at radius 2 is 2.00 bits per heavy atom. The zero-order valence-electron chi connectivity index (χ0n) is 7.78. The molecule has 0 N–H and O–H groups in total. The maximum Gasteiger partial charge on any atom is 0.338 e. The number of methoxy groups -OCH3 is 1. The third-order valence-corrected chi connectivity index (χ3v) is 1.79. The van der Waals surface area contributed by atoms with Gasteiger partial charge in [-0.05, 0) is 6.07 Å². The van der Waals surface area contributed by atoms with Crippen molar-refractivity contribution < 1.29 is 9.53 Å². The van der Waals surface area contributed by atoms with Crippen molar-refractivity contribution in [3.05, 3.63) is 42.0 Å². The lowest BCUT2D eigenvalue weighted by atomic mass is 10.0. The molecule has 0 heterocycles. The second-order valence-electron chi connectivity index (χ2n) is 2.63. The summed E-state index contributed by atoms with van der Waals surface area (Å²) in [5.74, 6) is -0.461. The van der Waals surface area contributed by atoms with Gasteiger partial charge in [-0.2, -0.15) is 5.26 Å². The Kier molecular flexibility index (Phi) is 3.03. The van der Waals surface area contributed by atoms with Gasteiger partial charge in [0.15, 0.2) is 0 Å². The number of ether oxygens (including phenoxy) is 1. The molecule has 0 spiro atoms. The van der Waals surface area contributed by atoms with Gasteiger partial charge in [0.2, 0.25) is 0 Å². The number of nitrogens with zero attached hydrogens (tertiary/aromatic N) is 1. The fraction of sp³-hybridized carbons (Fsp3) is 0.0909. The summed E-state index contributed by atoms with van der Waals surface area (Å²) in [5.41, 5.74) is 1.13. The molecule has 0 saturated carbocycles. The molecular formula is C11H9NO2. The van der Waals surface area contributed by atoms with Gasteiger partial charge < -0.3 is 4.74 Å². The molecule has 0 amide bonds. The Balaban J connectivity index is 3.24. The van der Waals surface area contributed by atoms with Crippen molar-refractivity contribution in [3.8, 4) is 6.07 Å². The number of nitriles is 1. The molecule has 0 aliphatic heterocycles. The molecule has 0 aliphatic rings. The van der Waals surface area contributed by atoms with Gasteiger partial charge in [0, 0.05) is 5.56 Å². The van der Waals surface area contributed by atoms with E-state index in [0.717, 1.165) is 0 Å². The first-order valence-corrected chi connectivity index (χ1v) is 3.97. The molecule has 1 rings (SSSR count). The van der Waals surface area contributed by atoms with E-state index in [9.17, 15) is 4.79 Å². The van der Waals surface area contributed by atoms with E-state index in [1.165, 1.54) is 7.11 Å². The van der Waals surface area contributed by atoms with E-state index in [2.05, 4.69) is 11.3 Å². The van der Waals surface area contributed by atoms with Crippen LogP contribution >= 0.6 is 0 Å². The van der Waals surface area contributed by atoms with Crippen molar-refractivity contribution in [3.63, 3.8) is 0 Å². The van der Waals surface area contributed by atoms with Crippen molar-refractivity contribution in [1.29, 1.82) is 5.26 Å². The number of esters is 1. The van der Waals surface area contributed by atoms with E-state index in [0.29, 0.717) is 11.1 Å². The van der Waals surface area contributed by atoms with Gasteiger partial charge in [0.1, 0.15) is 0 Å². The predicted octanol–water partition coefficient (Wildman–Crippen LogP) is 2.01. The van der Waals surface area contributed by atoms with Gasteiger partial charge in [0.25, 0.3) is 0 Å². The largest absolute Gasteiger partial charge is 0.465 e. The van der Waals surface area contributed by atoms with Crippen LogP contribution in [0.2, 0.25) is 0 Å². The number of hydrogen-bond donors (Lipinski definition) is 0. The minimum atomic E-state index is -0.461. The molecule has 0 bridgehead atoms. The monoisotopic (exact) mass is 187 g/mol. The lowest BCUT2D eigenvalue weighted by molar-refractivity contribution is 0.0600. The first-order valence-electron chi connectivity index (χ1n) is 3.97. The molecule has 1 aromatic carbocycles. The molecule has 1 aromatic rings. The number of carbonyl (C=O) groups excluding carboxylic acids is 1. The normalized spacial score (nSPS) is 8.86. The molecule has 0 aromatic heterocycles. The van der Waals surface area contributed by atoms with Gasteiger partial charge in [-0.3, -0.25) is 0 Å². The van der Waals surface area contributed by atoms with Crippen LogP contribution in [0, 0.1) is 11.3 Å². The van der Waals surface area contributed by atoms with E-state index < -0.39 is 5.97 Å². The quantitative estimate of drug-likeness (QED) is 0.525. The van der Waals surface area contributed by atoms with Gasteiger partial charge in [-0.15, -0.1) is 0 Å². The van der Waals surface area contributed by atoms with Gasteiger partial charge >= 0.3 is 5.97 Å². The van der Waals surface area contributed by atoms with E-state index in [1.54, 1.807) is 24.3 Å². The first kappa shape index (κ1) is 10.0. The fourth-order valence-electron chi connectivity index (χ4n) is 1.09. The van der Waals surface area contributed by atoms with Crippen LogP contribution in [0.25, 0.3) is 5.57 Å². The Hall–Kier alpha value is -2.08. The minimum absolute atomic E-state index is 0.256. The summed E-state index contributed by atoms with van der Waals surface area (Å²) in [6.07, 6.45) is 0. The number of benzene rings is 1. The summed E-state index contributed by atoms with van der Waals surface area (Å²) >= 11 is 0. The number of carbonyl (C=O) groups is 1. The predicted molar refractivity (Wildman–Crippen MR) is 52.4 cm³/mol. The summed E-state index contributed by atoms with van der Waals surface area (Å²) in [7, 11) is 1.30. The number of rotatable bonds is 2. The second kappa shape index (κ2) is 4.24. The second-order valence-corrected chi connectivity index (χ2v) is 2.63. The Morgan fingerprint density at radius 1 is 1.43 bits per heavy atom. The van der Waals surface area contributed by atoms with E-state index in [1.807, 2.05) is 6.07 Å². The van der Waals surface area contributed by atoms with Crippen LogP contribution in [-0.2, 0) is 4.74 Å². The summed E-state index contributed by atoms with van der Waals surface area (Å²) in [6.45, 7) is 3.55. The van der Waals surface area contributed by atoms with Gasteiger partial charge in [-0.1, -0.05) is 24.8 Å². The molecular weight excluding hydrogens is 178 g/mol. The molecule has 0 saturated heterocycles. The number of allylic oxidation sites excluding steroid dienone is 1. The summed E-state index contributed by atoms with van der Waals surface area (Å²) in [5, 5.41) is 8.67. The molecule has 0 atom stereocenters.